The first-order chi connectivity index (χ1) is 13.6. The van der Waals surface area contributed by atoms with Gasteiger partial charge in [-0.15, -0.1) is 0 Å². The molecule has 0 radical (unpaired) electrons. The first-order valence-corrected chi connectivity index (χ1v) is 9.40. The molecular weight excluding hydrogens is 421 g/mol. The van der Waals surface area contributed by atoms with Crippen molar-refractivity contribution in [1.82, 2.24) is 4.98 Å². The minimum absolute atomic E-state index is 0.178. The van der Waals surface area contributed by atoms with Crippen molar-refractivity contribution in [3.63, 3.8) is 0 Å². The first kappa shape index (κ1) is 21.4. The maximum atomic E-state index is 12.8. The molecular formula is C17H16F5N3O3S. The Balaban J connectivity index is 1.81. The van der Waals surface area contributed by atoms with Crippen LogP contribution in [0, 0.1) is 10.1 Å². The van der Waals surface area contributed by atoms with Gasteiger partial charge in [-0.25, -0.2) is 4.98 Å². The first-order valence-electron chi connectivity index (χ1n) is 8.59. The molecule has 0 unspecified atom stereocenters. The second-order valence-electron chi connectivity index (χ2n) is 6.53. The lowest BCUT2D eigenvalue weighted by molar-refractivity contribution is -0.380. The zero-order valence-corrected chi connectivity index (χ0v) is 15.6. The van der Waals surface area contributed by atoms with Crippen molar-refractivity contribution in [2.75, 3.05) is 18.1 Å². The van der Waals surface area contributed by atoms with Crippen LogP contribution in [0.4, 0.5) is 32.1 Å². The summed E-state index contributed by atoms with van der Waals surface area (Å²) in [7, 11) is 0. The van der Waals surface area contributed by atoms with Crippen LogP contribution in [0.1, 0.15) is 29.9 Å². The maximum Gasteiger partial charge on any atom is 0.416 e. The molecule has 29 heavy (non-hydrogen) atoms. The van der Waals surface area contributed by atoms with Crippen LogP contribution >= 0.6 is 11.3 Å². The third-order valence-electron chi connectivity index (χ3n) is 4.74. The third kappa shape index (κ3) is 5.18. The fourth-order valence-corrected chi connectivity index (χ4v) is 4.12. The monoisotopic (exact) mass is 437 g/mol. The number of rotatable bonds is 6. The van der Waals surface area contributed by atoms with E-state index >= 15 is 0 Å². The largest absolute Gasteiger partial charge is 0.416 e. The lowest BCUT2D eigenvalue weighted by Gasteiger charge is -2.39. The number of halogens is 5. The van der Waals surface area contributed by atoms with E-state index in [1.807, 2.05) is 0 Å². The van der Waals surface area contributed by atoms with E-state index in [9.17, 15) is 32.1 Å². The Morgan fingerprint density at radius 2 is 1.97 bits per heavy atom. The average Bonchev–Trinajstić information content (AvgIpc) is 3.16. The van der Waals surface area contributed by atoms with Crippen LogP contribution in [0.3, 0.4) is 0 Å². The fourth-order valence-electron chi connectivity index (χ4n) is 3.31. The highest BCUT2D eigenvalue weighted by Crippen LogP contribution is 2.38. The number of hydrogen-bond acceptors (Lipinski definition) is 6. The zero-order chi connectivity index (χ0) is 21.2. The molecule has 0 N–H and O–H groups in total. The van der Waals surface area contributed by atoms with Gasteiger partial charge < -0.3 is 9.64 Å². The molecule has 6 nitrogen and oxygen atoms in total. The number of nitrogens with zero attached hydrogens (tertiary/aromatic N) is 3. The summed E-state index contributed by atoms with van der Waals surface area (Å²) in [6.07, 6.45) is -2.38. The minimum atomic E-state index is -4.44. The van der Waals surface area contributed by atoms with Crippen LogP contribution in [-0.2, 0) is 10.9 Å². The number of benzene rings is 1. The Morgan fingerprint density at radius 1 is 1.28 bits per heavy atom. The number of aromatic nitrogens is 1. The molecule has 0 bridgehead atoms. The fraction of sp³-hybridized carbons (Fsp3) is 0.471. The molecule has 0 aliphatic carbocycles. The lowest BCUT2D eigenvalue weighted by atomic mass is 9.87. The van der Waals surface area contributed by atoms with E-state index in [1.54, 1.807) is 4.90 Å². The van der Waals surface area contributed by atoms with Crippen molar-refractivity contribution in [2.45, 2.75) is 37.6 Å². The number of hydrogen-bond donors (Lipinski definition) is 0. The van der Waals surface area contributed by atoms with E-state index < -0.39 is 29.3 Å². The van der Waals surface area contributed by atoms with E-state index in [0.29, 0.717) is 18.4 Å². The second kappa shape index (κ2) is 8.57. The van der Waals surface area contributed by atoms with Crippen molar-refractivity contribution in [3.8, 4) is 0 Å². The van der Waals surface area contributed by atoms with Crippen LogP contribution in [0.25, 0.3) is 0 Å². The minimum Gasteiger partial charge on any atom is -0.342 e. The van der Waals surface area contributed by atoms with Crippen LogP contribution in [0.5, 0.6) is 0 Å². The molecule has 1 saturated heterocycles. The van der Waals surface area contributed by atoms with Gasteiger partial charge >= 0.3 is 17.8 Å². The van der Waals surface area contributed by atoms with Crippen molar-refractivity contribution >= 4 is 21.5 Å². The van der Waals surface area contributed by atoms with E-state index in [0.717, 1.165) is 29.7 Å². The normalized spacial score (nSPS) is 20.3. The predicted octanol–water partition coefficient (Wildman–Crippen LogP) is 5.06. The van der Waals surface area contributed by atoms with E-state index in [1.165, 1.54) is 12.1 Å². The lowest BCUT2D eigenvalue weighted by Crippen LogP contribution is -2.45. The SMILES string of the molecule is O=[N+]([O-])c1cnc(N2C[C@@H](c3ccc(C(F)(F)F)cc3)CC[C@H]2COC(F)F)s1. The van der Waals surface area contributed by atoms with Crippen molar-refractivity contribution < 1.29 is 31.6 Å². The van der Waals surface area contributed by atoms with Crippen LogP contribution in [0.2, 0.25) is 0 Å². The second-order valence-corrected chi connectivity index (χ2v) is 7.52. The van der Waals surface area contributed by atoms with Crippen LogP contribution < -0.4 is 4.90 Å². The molecule has 12 heteroatoms. The van der Waals surface area contributed by atoms with E-state index in [4.69, 9.17) is 0 Å². The molecule has 1 aromatic heterocycles. The molecule has 3 rings (SSSR count). The highest BCUT2D eigenvalue weighted by Gasteiger charge is 2.34. The number of nitro groups is 1. The summed E-state index contributed by atoms with van der Waals surface area (Å²) in [4.78, 5) is 16.0. The van der Waals surface area contributed by atoms with Gasteiger partial charge in [0, 0.05) is 12.5 Å². The van der Waals surface area contributed by atoms with E-state index in [2.05, 4.69) is 9.72 Å². The summed E-state index contributed by atoms with van der Waals surface area (Å²) in [5.41, 5.74) is -0.0880. The summed E-state index contributed by atoms with van der Waals surface area (Å²) < 4.78 is 67.7. The summed E-state index contributed by atoms with van der Waals surface area (Å²) >= 11 is 0.812. The highest BCUT2D eigenvalue weighted by molar-refractivity contribution is 7.18. The van der Waals surface area contributed by atoms with Gasteiger partial charge in [0.25, 0.3) is 0 Å². The Morgan fingerprint density at radius 3 is 2.52 bits per heavy atom. The van der Waals surface area contributed by atoms with Gasteiger partial charge in [0.05, 0.1) is 23.1 Å². The van der Waals surface area contributed by atoms with Gasteiger partial charge in [0.1, 0.15) is 6.20 Å². The molecule has 158 valence electrons. The van der Waals surface area contributed by atoms with Gasteiger partial charge in [0.2, 0.25) is 0 Å². The molecule has 1 aliphatic heterocycles. The van der Waals surface area contributed by atoms with Gasteiger partial charge in [-0.2, -0.15) is 22.0 Å². The standard InChI is InChI=1S/C17H16F5N3O3S/c18-15(19)28-9-13-6-3-11(10-1-4-12(5-2-10)17(20,21)22)8-24(13)16-23-7-14(29-16)25(26)27/h1-2,4-5,7,11,13,15H,3,6,8-9H2/t11-,13-/m0/s1. The third-order valence-corrected chi connectivity index (χ3v) is 5.72. The Bertz CT molecular complexity index is 844. The Kier molecular flexibility index (Phi) is 6.32. The number of thiazole rings is 1. The summed E-state index contributed by atoms with van der Waals surface area (Å²) in [5, 5.41) is 11.0. The zero-order valence-electron chi connectivity index (χ0n) is 14.8. The molecule has 2 heterocycles. The number of anilines is 1. The maximum absolute atomic E-state index is 12.8. The average molecular weight is 437 g/mol. The molecule has 2 atom stereocenters. The summed E-state index contributed by atoms with van der Waals surface area (Å²) in [6.45, 7) is -2.96. The number of piperidine rings is 1. The molecule has 1 aliphatic rings. The number of alkyl halides is 5. The van der Waals surface area contributed by atoms with Gasteiger partial charge in [-0.1, -0.05) is 12.1 Å². The molecule has 0 amide bonds. The molecule has 1 fully saturated rings. The molecule has 1 aromatic carbocycles. The Labute approximate surface area is 166 Å². The van der Waals surface area contributed by atoms with Gasteiger partial charge in [-0.3, -0.25) is 10.1 Å². The summed E-state index contributed by atoms with van der Waals surface area (Å²) in [6, 6.07) is 4.32. The quantitative estimate of drug-likeness (QED) is 0.359. The molecule has 0 saturated carbocycles. The smallest absolute Gasteiger partial charge is 0.342 e. The molecule has 2 aromatic rings. The topological polar surface area (TPSA) is 68.5 Å². The van der Waals surface area contributed by atoms with Crippen molar-refractivity contribution in [2.24, 2.45) is 0 Å². The van der Waals surface area contributed by atoms with Gasteiger partial charge in [0.15, 0.2) is 5.13 Å². The van der Waals surface area contributed by atoms with Crippen LogP contribution in [-0.4, -0.2) is 35.7 Å². The van der Waals surface area contributed by atoms with Crippen LogP contribution in [0.15, 0.2) is 30.5 Å². The van der Waals surface area contributed by atoms with Crippen molar-refractivity contribution in [1.29, 1.82) is 0 Å². The molecule has 0 spiro atoms. The highest BCUT2D eigenvalue weighted by atomic mass is 32.1. The van der Waals surface area contributed by atoms with Gasteiger partial charge in [-0.05, 0) is 41.9 Å². The van der Waals surface area contributed by atoms with Crippen molar-refractivity contribution in [3.05, 3.63) is 51.7 Å². The Hall–Kier alpha value is -2.34. The number of ether oxygens (including phenoxy) is 1. The van der Waals surface area contributed by atoms with E-state index in [-0.39, 0.29) is 29.2 Å². The summed E-state index contributed by atoms with van der Waals surface area (Å²) in [5.74, 6) is -0.178. The predicted molar refractivity (Wildman–Crippen MR) is 95.3 cm³/mol.